The van der Waals surface area contributed by atoms with Crippen LogP contribution in [0.15, 0.2) is 12.3 Å². The third-order valence-corrected chi connectivity index (χ3v) is 5.98. The van der Waals surface area contributed by atoms with E-state index in [0.29, 0.717) is 19.6 Å². The Morgan fingerprint density at radius 1 is 1.29 bits per heavy atom. The number of rotatable bonds is 6. The lowest BCUT2D eigenvalue weighted by Crippen LogP contribution is -2.62. The zero-order valence-electron chi connectivity index (χ0n) is 16.4. The number of carbonyl (C=O) groups excluding carboxylic acids is 3. The van der Waals surface area contributed by atoms with Crippen molar-refractivity contribution < 1.29 is 14.4 Å². The molecule has 3 atom stereocenters. The summed E-state index contributed by atoms with van der Waals surface area (Å²) in [6.07, 6.45) is 4.39. The monoisotopic (exact) mass is 388 g/mol. The summed E-state index contributed by atoms with van der Waals surface area (Å²) in [4.78, 5) is 40.8. The summed E-state index contributed by atoms with van der Waals surface area (Å²) in [6.45, 7) is 3.68. The fraction of sp³-hybridized carbons (Fsp3) is 0.684. The standard InChI is InChI=1S/C19H28N6O3/c1-12(26)22-14-7-16-11-24(10-15-5-6-21-23(15)2)17(19(28)25(16)9-14)8-20-18(27)13-3-4-13/h5-6,13-14,16-17H,3-4,7-11H2,1-2H3,(H,20,27)(H,22,26)/t14-,16-,17-/m0/s1. The van der Waals surface area contributed by atoms with Crippen molar-refractivity contribution in [3.8, 4) is 0 Å². The maximum absolute atomic E-state index is 13.3. The molecular formula is C19H28N6O3. The smallest absolute Gasteiger partial charge is 0.242 e. The van der Waals surface area contributed by atoms with E-state index in [1.165, 1.54) is 6.92 Å². The molecule has 2 N–H and O–H groups in total. The summed E-state index contributed by atoms with van der Waals surface area (Å²) in [5.41, 5.74) is 1.02. The molecule has 3 heterocycles. The van der Waals surface area contributed by atoms with Gasteiger partial charge in [-0.3, -0.25) is 24.0 Å². The van der Waals surface area contributed by atoms with Crippen molar-refractivity contribution in [2.24, 2.45) is 13.0 Å². The number of piperazine rings is 1. The van der Waals surface area contributed by atoms with Crippen LogP contribution in [0.5, 0.6) is 0 Å². The first-order valence-corrected chi connectivity index (χ1v) is 9.98. The molecule has 1 aliphatic carbocycles. The van der Waals surface area contributed by atoms with Crippen LogP contribution < -0.4 is 10.6 Å². The summed E-state index contributed by atoms with van der Waals surface area (Å²) in [6, 6.07) is 1.62. The van der Waals surface area contributed by atoms with Gasteiger partial charge in [-0.25, -0.2) is 0 Å². The molecule has 1 aromatic heterocycles. The molecular weight excluding hydrogens is 360 g/mol. The Morgan fingerprint density at radius 3 is 2.71 bits per heavy atom. The number of aromatic nitrogens is 2. The summed E-state index contributed by atoms with van der Waals surface area (Å²) in [5, 5.41) is 10.1. The van der Waals surface area contributed by atoms with Gasteiger partial charge in [-0.1, -0.05) is 0 Å². The second kappa shape index (κ2) is 7.54. The first-order chi connectivity index (χ1) is 13.4. The van der Waals surface area contributed by atoms with Crippen LogP contribution in [0, 0.1) is 5.92 Å². The van der Waals surface area contributed by atoms with E-state index < -0.39 is 6.04 Å². The first kappa shape index (κ1) is 18.9. The molecule has 152 valence electrons. The largest absolute Gasteiger partial charge is 0.354 e. The van der Waals surface area contributed by atoms with Crippen molar-refractivity contribution in [2.45, 2.75) is 50.9 Å². The van der Waals surface area contributed by atoms with Crippen molar-refractivity contribution in [2.75, 3.05) is 19.6 Å². The molecule has 9 nitrogen and oxygen atoms in total. The van der Waals surface area contributed by atoms with Crippen molar-refractivity contribution in [1.29, 1.82) is 0 Å². The van der Waals surface area contributed by atoms with E-state index in [-0.39, 0.29) is 35.7 Å². The van der Waals surface area contributed by atoms with Gasteiger partial charge in [0.05, 0.1) is 5.69 Å². The van der Waals surface area contributed by atoms with Gasteiger partial charge >= 0.3 is 0 Å². The van der Waals surface area contributed by atoms with Crippen LogP contribution in [-0.4, -0.2) is 75.1 Å². The highest BCUT2D eigenvalue weighted by Gasteiger charge is 2.46. The molecule has 3 amide bonds. The normalized spacial score (nSPS) is 27.6. The zero-order chi connectivity index (χ0) is 19.8. The Labute approximate surface area is 164 Å². The van der Waals surface area contributed by atoms with E-state index in [0.717, 1.165) is 31.5 Å². The Balaban J connectivity index is 1.49. The van der Waals surface area contributed by atoms with E-state index in [1.54, 1.807) is 6.20 Å². The summed E-state index contributed by atoms with van der Waals surface area (Å²) < 4.78 is 1.81. The Morgan fingerprint density at radius 2 is 2.07 bits per heavy atom. The van der Waals surface area contributed by atoms with Gasteiger partial charge in [0.25, 0.3) is 0 Å². The summed E-state index contributed by atoms with van der Waals surface area (Å²) in [5.74, 6) is 0.125. The van der Waals surface area contributed by atoms with Gasteiger partial charge in [0.15, 0.2) is 0 Å². The molecule has 0 spiro atoms. The van der Waals surface area contributed by atoms with Gasteiger partial charge in [0.1, 0.15) is 6.04 Å². The number of fused-ring (bicyclic) bond motifs is 1. The lowest BCUT2D eigenvalue weighted by Gasteiger charge is -2.42. The van der Waals surface area contributed by atoms with Crippen molar-refractivity contribution >= 4 is 17.7 Å². The average molecular weight is 388 g/mol. The highest BCUT2D eigenvalue weighted by Crippen LogP contribution is 2.30. The number of nitrogens with zero attached hydrogens (tertiary/aromatic N) is 4. The van der Waals surface area contributed by atoms with Crippen LogP contribution in [0.2, 0.25) is 0 Å². The first-order valence-electron chi connectivity index (χ1n) is 9.98. The van der Waals surface area contributed by atoms with E-state index in [9.17, 15) is 14.4 Å². The van der Waals surface area contributed by atoms with Gasteiger partial charge < -0.3 is 15.5 Å². The third-order valence-electron chi connectivity index (χ3n) is 5.98. The second-order valence-electron chi connectivity index (χ2n) is 8.19. The number of aryl methyl sites for hydroxylation is 1. The number of hydrogen-bond donors (Lipinski definition) is 2. The summed E-state index contributed by atoms with van der Waals surface area (Å²) in [7, 11) is 1.89. The van der Waals surface area contributed by atoms with Gasteiger partial charge in [0, 0.05) is 64.3 Å². The Hall–Kier alpha value is -2.42. The fourth-order valence-corrected chi connectivity index (χ4v) is 4.34. The van der Waals surface area contributed by atoms with E-state index in [2.05, 4.69) is 20.6 Å². The van der Waals surface area contributed by atoms with Crippen molar-refractivity contribution in [3.05, 3.63) is 18.0 Å². The Kier molecular flexibility index (Phi) is 5.09. The van der Waals surface area contributed by atoms with Gasteiger partial charge in [0.2, 0.25) is 17.7 Å². The van der Waals surface area contributed by atoms with E-state index in [1.807, 2.05) is 22.7 Å². The summed E-state index contributed by atoms with van der Waals surface area (Å²) >= 11 is 0. The van der Waals surface area contributed by atoms with Crippen molar-refractivity contribution in [3.63, 3.8) is 0 Å². The van der Waals surface area contributed by atoms with Gasteiger partial charge in [-0.15, -0.1) is 0 Å². The molecule has 4 rings (SSSR count). The minimum atomic E-state index is -0.398. The average Bonchev–Trinajstić information content (AvgIpc) is 3.30. The maximum Gasteiger partial charge on any atom is 0.242 e. The lowest BCUT2D eigenvalue weighted by molar-refractivity contribution is -0.144. The van der Waals surface area contributed by atoms with Gasteiger partial charge in [-0.05, 0) is 25.3 Å². The van der Waals surface area contributed by atoms with Crippen LogP contribution >= 0.6 is 0 Å². The molecule has 2 aliphatic heterocycles. The highest BCUT2D eigenvalue weighted by atomic mass is 16.2. The number of nitrogens with one attached hydrogen (secondary N) is 2. The molecule has 9 heteroatoms. The van der Waals surface area contributed by atoms with Crippen molar-refractivity contribution in [1.82, 2.24) is 30.2 Å². The lowest BCUT2D eigenvalue weighted by atomic mass is 10.0. The number of hydrogen-bond acceptors (Lipinski definition) is 5. The molecule has 1 saturated carbocycles. The third kappa shape index (κ3) is 3.89. The predicted molar refractivity (Wildman–Crippen MR) is 101 cm³/mol. The van der Waals surface area contributed by atoms with E-state index in [4.69, 9.17) is 0 Å². The minimum absolute atomic E-state index is 0.00944. The predicted octanol–water partition coefficient (Wildman–Crippen LogP) is -0.764. The van der Waals surface area contributed by atoms with Crippen LogP contribution in [0.3, 0.4) is 0 Å². The minimum Gasteiger partial charge on any atom is -0.354 e. The molecule has 0 bridgehead atoms. The quantitative estimate of drug-likeness (QED) is 0.667. The van der Waals surface area contributed by atoms with Crippen LogP contribution in [0.25, 0.3) is 0 Å². The number of amides is 3. The van der Waals surface area contributed by atoms with Crippen LogP contribution in [-0.2, 0) is 28.0 Å². The molecule has 2 saturated heterocycles. The van der Waals surface area contributed by atoms with E-state index >= 15 is 0 Å². The zero-order valence-corrected chi connectivity index (χ0v) is 16.4. The molecule has 0 radical (unpaired) electrons. The van der Waals surface area contributed by atoms with Crippen LogP contribution in [0.4, 0.5) is 0 Å². The molecule has 3 fully saturated rings. The van der Waals surface area contributed by atoms with Crippen LogP contribution in [0.1, 0.15) is 31.9 Å². The van der Waals surface area contributed by atoms with Gasteiger partial charge in [-0.2, -0.15) is 5.10 Å². The highest BCUT2D eigenvalue weighted by molar-refractivity contribution is 5.86. The molecule has 0 unspecified atom stereocenters. The molecule has 3 aliphatic rings. The number of carbonyl (C=O) groups is 3. The fourth-order valence-electron chi connectivity index (χ4n) is 4.34. The Bertz CT molecular complexity index is 773. The second-order valence-corrected chi connectivity index (χ2v) is 8.19. The molecule has 28 heavy (non-hydrogen) atoms. The topological polar surface area (TPSA) is 99.6 Å². The maximum atomic E-state index is 13.3. The SMILES string of the molecule is CC(=O)N[C@H]1C[C@H]2CN(Cc3ccnn3C)[C@@H](CNC(=O)C3CC3)C(=O)N2C1. The molecule has 1 aromatic rings. The molecule has 0 aromatic carbocycles.